The molecule has 1 rings (SSSR count). The van der Waals surface area contributed by atoms with Gasteiger partial charge in [-0.15, -0.1) is 0 Å². The second-order valence-corrected chi connectivity index (χ2v) is 5.55. The van der Waals surface area contributed by atoms with Crippen molar-refractivity contribution in [3.8, 4) is 0 Å². The van der Waals surface area contributed by atoms with Crippen LogP contribution in [0.4, 0.5) is 0 Å². The summed E-state index contributed by atoms with van der Waals surface area (Å²) in [6, 6.07) is 0. The summed E-state index contributed by atoms with van der Waals surface area (Å²) in [6.45, 7) is 4.64. The third kappa shape index (κ3) is 3.94. The number of unbranched alkanes of at least 4 members (excludes halogenated alkanes) is 2. The molecule has 0 fully saturated rings. The Hall–Kier alpha value is 0.363. The Kier molecular flexibility index (Phi) is 5.25. The molecule has 71 valence electrons. The van der Waals surface area contributed by atoms with Gasteiger partial charge in [0.25, 0.3) is 0 Å². The van der Waals surface area contributed by atoms with Crippen LogP contribution < -0.4 is 0 Å². The Labute approximate surface area is 97.3 Å². The van der Waals surface area contributed by atoms with Crippen molar-refractivity contribution in [2.45, 2.75) is 46.0 Å². The van der Waals surface area contributed by atoms with E-state index >= 15 is 0 Å². The van der Waals surface area contributed by atoms with Gasteiger partial charge in [0.1, 0.15) is 0 Å². The van der Waals surface area contributed by atoms with Gasteiger partial charge in [-0.3, -0.25) is 0 Å². The summed E-state index contributed by atoms with van der Waals surface area (Å²) in [7, 11) is 0. The predicted octanol–water partition coefficient (Wildman–Crippen LogP) is 3.96. The fourth-order valence-corrected chi connectivity index (χ4v) is 2.42. The van der Waals surface area contributed by atoms with Gasteiger partial charge in [-0.2, -0.15) is 0 Å². The van der Waals surface area contributed by atoms with Gasteiger partial charge in [0.05, 0.1) is 0 Å². The van der Waals surface area contributed by atoms with Gasteiger partial charge in [0.15, 0.2) is 0 Å². The van der Waals surface area contributed by atoms with Crippen molar-refractivity contribution in [1.82, 2.24) is 0 Å². The summed E-state index contributed by atoms with van der Waals surface area (Å²) >= 11 is 1.59. The SMILES string of the molecule is CCCCCC(C)C1=CC[C]([Zr])=C1. The minimum absolute atomic E-state index is 0.796. The maximum atomic E-state index is 2.42. The normalized spacial score (nSPS) is 18.2. The molecule has 0 N–H and O–H groups in total. The van der Waals surface area contributed by atoms with E-state index in [0.29, 0.717) is 0 Å². The topological polar surface area (TPSA) is 0 Å². The van der Waals surface area contributed by atoms with Crippen molar-refractivity contribution in [2.75, 3.05) is 0 Å². The monoisotopic (exact) mass is 253 g/mol. The molecular weight excluding hydrogens is 235 g/mol. The maximum absolute atomic E-state index is 2.42. The van der Waals surface area contributed by atoms with Gasteiger partial charge in [0, 0.05) is 0 Å². The number of allylic oxidation sites excluding steroid dienone is 4. The zero-order chi connectivity index (χ0) is 9.68. The van der Waals surface area contributed by atoms with Crippen LogP contribution in [0.5, 0.6) is 0 Å². The zero-order valence-corrected chi connectivity index (χ0v) is 11.2. The second kappa shape index (κ2) is 5.96. The van der Waals surface area contributed by atoms with Gasteiger partial charge in [-0.25, -0.2) is 0 Å². The van der Waals surface area contributed by atoms with Crippen molar-refractivity contribution in [1.29, 1.82) is 0 Å². The molecule has 0 nitrogen and oxygen atoms in total. The number of hydrogen-bond donors (Lipinski definition) is 0. The Morgan fingerprint density at radius 3 is 2.77 bits per heavy atom. The van der Waals surface area contributed by atoms with Gasteiger partial charge < -0.3 is 0 Å². The van der Waals surface area contributed by atoms with Crippen LogP contribution in [-0.4, -0.2) is 0 Å². The van der Waals surface area contributed by atoms with Crippen molar-refractivity contribution in [2.24, 2.45) is 5.92 Å². The molecule has 0 aromatic heterocycles. The Balaban J connectivity index is 2.27. The molecule has 0 amide bonds. The van der Waals surface area contributed by atoms with E-state index in [4.69, 9.17) is 0 Å². The molecule has 1 heteroatoms. The molecule has 0 spiro atoms. The number of rotatable bonds is 5. The van der Waals surface area contributed by atoms with E-state index in [0.717, 1.165) is 5.92 Å². The van der Waals surface area contributed by atoms with Crippen LogP contribution in [0.1, 0.15) is 46.0 Å². The second-order valence-electron chi connectivity index (χ2n) is 3.97. The molecule has 0 aliphatic heterocycles. The molecule has 0 bridgehead atoms. The van der Waals surface area contributed by atoms with E-state index in [1.54, 1.807) is 33.6 Å². The molecule has 1 aliphatic rings. The average Bonchev–Trinajstić information content (AvgIpc) is 2.52. The van der Waals surface area contributed by atoms with Gasteiger partial charge in [-0.1, -0.05) is 0 Å². The summed E-state index contributed by atoms with van der Waals surface area (Å²) in [5.74, 6) is 0.796. The van der Waals surface area contributed by atoms with Crippen LogP contribution in [-0.2, 0) is 24.7 Å². The fourth-order valence-electron chi connectivity index (χ4n) is 1.76. The first kappa shape index (κ1) is 11.4. The minimum atomic E-state index is 0.796. The fraction of sp³-hybridized carbons (Fsp3) is 0.667. The van der Waals surface area contributed by atoms with E-state index in [1.165, 1.54) is 32.1 Å². The van der Waals surface area contributed by atoms with Crippen LogP contribution in [0.3, 0.4) is 0 Å². The number of hydrogen-bond acceptors (Lipinski definition) is 0. The summed E-state index contributed by atoms with van der Waals surface area (Å²) in [6.07, 6.45) is 11.6. The van der Waals surface area contributed by atoms with E-state index in [2.05, 4.69) is 26.0 Å². The van der Waals surface area contributed by atoms with Crippen LogP contribution in [0.15, 0.2) is 21.0 Å². The zero-order valence-electron chi connectivity index (χ0n) is 8.77. The molecule has 1 aliphatic carbocycles. The third-order valence-corrected chi connectivity index (χ3v) is 3.56. The molecule has 0 saturated carbocycles. The average molecular weight is 255 g/mol. The Bertz CT molecular complexity index is 213. The first-order valence-corrected chi connectivity index (χ1v) is 6.59. The molecular formula is C12H19Zr. The van der Waals surface area contributed by atoms with Crippen molar-refractivity contribution in [3.63, 3.8) is 0 Å². The summed E-state index contributed by atoms with van der Waals surface area (Å²) in [5, 5.41) is 0. The summed E-state index contributed by atoms with van der Waals surface area (Å²) in [4.78, 5) is 0. The molecule has 1 unspecified atom stereocenters. The van der Waals surface area contributed by atoms with Gasteiger partial charge in [-0.05, 0) is 0 Å². The predicted molar refractivity (Wildman–Crippen MR) is 54.1 cm³/mol. The van der Waals surface area contributed by atoms with Crippen LogP contribution in [0.25, 0.3) is 0 Å². The first-order valence-electron chi connectivity index (χ1n) is 5.36. The molecule has 0 radical (unpaired) electrons. The van der Waals surface area contributed by atoms with Crippen molar-refractivity contribution in [3.05, 3.63) is 21.0 Å². The Morgan fingerprint density at radius 2 is 2.23 bits per heavy atom. The van der Waals surface area contributed by atoms with Crippen molar-refractivity contribution < 1.29 is 24.7 Å². The molecule has 0 aromatic carbocycles. The van der Waals surface area contributed by atoms with Crippen LogP contribution >= 0.6 is 0 Å². The van der Waals surface area contributed by atoms with E-state index in [9.17, 15) is 0 Å². The molecule has 0 aromatic rings. The first-order chi connectivity index (χ1) is 6.24. The van der Waals surface area contributed by atoms with Crippen LogP contribution in [0, 0.1) is 5.92 Å². The van der Waals surface area contributed by atoms with Crippen LogP contribution in [0.2, 0.25) is 0 Å². The molecule has 0 heterocycles. The van der Waals surface area contributed by atoms with Gasteiger partial charge in [0.2, 0.25) is 0 Å². The summed E-state index contributed by atoms with van der Waals surface area (Å²) in [5.41, 5.74) is 1.60. The quantitative estimate of drug-likeness (QED) is 0.651. The molecule has 13 heavy (non-hydrogen) atoms. The molecule has 0 saturated heterocycles. The Morgan fingerprint density at radius 1 is 1.46 bits per heavy atom. The molecule has 1 atom stereocenters. The van der Waals surface area contributed by atoms with E-state index in [-0.39, 0.29) is 0 Å². The standard InChI is InChI=1S/C12H19.Zr/c1-3-4-5-8-11(2)12-9-6-7-10-12;/h9-11H,3-6,8H2,1-2H3;. The van der Waals surface area contributed by atoms with E-state index < -0.39 is 0 Å². The third-order valence-electron chi connectivity index (χ3n) is 2.71. The van der Waals surface area contributed by atoms with Gasteiger partial charge >= 0.3 is 97.6 Å². The summed E-state index contributed by atoms with van der Waals surface area (Å²) < 4.78 is 1.62. The van der Waals surface area contributed by atoms with E-state index in [1.807, 2.05) is 0 Å². The van der Waals surface area contributed by atoms with Crippen molar-refractivity contribution >= 4 is 0 Å².